The van der Waals surface area contributed by atoms with Gasteiger partial charge in [-0.2, -0.15) is 4.39 Å². The Morgan fingerprint density at radius 1 is 1.05 bits per heavy atom. The highest BCUT2D eigenvalue weighted by atomic mass is 19.1. The number of amides is 2. The molecular formula is C28H28FN3O5. The van der Waals surface area contributed by atoms with Crippen molar-refractivity contribution in [3.63, 3.8) is 0 Å². The summed E-state index contributed by atoms with van der Waals surface area (Å²) in [7, 11) is 0. The molecule has 3 N–H and O–H groups in total. The second-order valence-corrected chi connectivity index (χ2v) is 8.87. The van der Waals surface area contributed by atoms with E-state index < -0.39 is 18.5 Å². The van der Waals surface area contributed by atoms with Crippen LogP contribution in [0.15, 0.2) is 72.8 Å². The third-order valence-corrected chi connectivity index (χ3v) is 6.21. The van der Waals surface area contributed by atoms with Crippen molar-refractivity contribution in [3.05, 3.63) is 89.5 Å². The average molecular weight is 506 g/mol. The lowest BCUT2D eigenvalue weighted by Gasteiger charge is -2.27. The Hall–Kier alpha value is -4.24. The SMILES string of the molecule is Cc1cc(CC(=O)[C@@H]2CCCN2[C@H](F)Oc2ccc(C(=O)O)cc2)ccc1NC(=O)Nc1ccccc1. The summed E-state index contributed by atoms with van der Waals surface area (Å²) in [6.45, 7) is 0.390. The van der Waals surface area contributed by atoms with Crippen molar-refractivity contribution in [1.29, 1.82) is 0 Å². The van der Waals surface area contributed by atoms with Crippen LogP contribution in [0.2, 0.25) is 0 Å². The number of Topliss-reactive ketones (excluding diaryl/α,β-unsaturated/α-hetero) is 1. The molecule has 4 rings (SSSR count). The fraction of sp³-hybridized carbons (Fsp3) is 0.250. The number of ether oxygens (including phenoxy) is 1. The molecule has 0 bridgehead atoms. The van der Waals surface area contributed by atoms with E-state index in [2.05, 4.69) is 10.6 Å². The van der Waals surface area contributed by atoms with Crippen molar-refractivity contribution in [3.8, 4) is 5.75 Å². The number of likely N-dealkylation sites (tertiary alicyclic amines) is 1. The van der Waals surface area contributed by atoms with E-state index in [1.807, 2.05) is 31.2 Å². The van der Waals surface area contributed by atoms with Gasteiger partial charge in [0.25, 0.3) is 6.48 Å². The van der Waals surface area contributed by atoms with Gasteiger partial charge in [-0.1, -0.05) is 30.3 Å². The van der Waals surface area contributed by atoms with Crippen LogP contribution in [0.1, 0.15) is 34.3 Å². The first-order valence-electron chi connectivity index (χ1n) is 12.0. The molecule has 3 aromatic rings. The number of hydrogen-bond acceptors (Lipinski definition) is 5. The first-order valence-corrected chi connectivity index (χ1v) is 12.0. The molecule has 0 spiro atoms. The molecular weight excluding hydrogens is 477 g/mol. The van der Waals surface area contributed by atoms with E-state index >= 15 is 0 Å². The van der Waals surface area contributed by atoms with Gasteiger partial charge in [-0.05, 0) is 73.4 Å². The fourth-order valence-electron chi connectivity index (χ4n) is 4.33. The number of hydrogen-bond donors (Lipinski definition) is 3. The maximum Gasteiger partial charge on any atom is 0.335 e. The standard InChI is InChI=1S/C28H28FN3O5/c1-18-16-19(9-14-23(18)31-28(36)30-21-6-3-2-4-7-21)17-25(33)24-8-5-15-32(24)27(29)37-22-12-10-20(11-13-22)26(34)35/h2-4,6-7,9-14,16,24,27H,5,8,15,17H2,1H3,(H,34,35)(H2,30,31,36)/t24-,27-/m0/s1. The van der Waals surface area contributed by atoms with E-state index in [-0.39, 0.29) is 29.5 Å². The van der Waals surface area contributed by atoms with Gasteiger partial charge >= 0.3 is 12.0 Å². The minimum atomic E-state index is -1.83. The van der Waals surface area contributed by atoms with E-state index in [1.54, 1.807) is 24.3 Å². The van der Waals surface area contributed by atoms with Gasteiger partial charge in [0.2, 0.25) is 0 Å². The minimum absolute atomic E-state index is 0.0744. The van der Waals surface area contributed by atoms with Gasteiger partial charge in [0.1, 0.15) is 5.75 Å². The van der Waals surface area contributed by atoms with Crippen LogP contribution in [0, 0.1) is 6.92 Å². The van der Waals surface area contributed by atoms with Crippen LogP contribution >= 0.6 is 0 Å². The molecule has 0 radical (unpaired) electrons. The summed E-state index contributed by atoms with van der Waals surface area (Å²) in [6, 6.07) is 18.9. The lowest BCUT2D eigenvalue weighted by Crippen LogP contribution is -2.44. The highest BCUT2D eigenvalue weighted by Gasteiger charge is 2.36. The lowest BCUT2D eigenvalue weighted by atomic mass is 10.00. The van der Waals surface area contributed by atoms with Gasteiger partial charge in [-0.3, -0.25) is 4.79 Å². The van der Waals surface area contributed by atoms with Gasteiger partial charge in [-0.25, -0.2) is 14.5 Å². The van der Waals surface area contributed by atoms with Gasteiger partial charge in [-0.15, -0.1) is 0 Å². The number of carbonyl (C=O) groups excluding carboxylic acids is 2. The number of rotatable bonds is 9. The van der Waals surface area contributed by atoms with E-state index in [9.17, 15) is 18.8 Å². The van der Waals surface area contributed by atoms with E-state index in [1.165, 1.54) is 29.2 Å². The molecule has 0 unspecified atom stereocenters. The predicted molar refractivity (Wildman–Crippen MR) is 138 cm³/mol. The molecule has 1 aliphatic rings. The Bertz CT molecular complexity index is 1270. The Kier molecular flexibility index (Phi) is 8.15. The number of para-hydroxylation sites is 1. The van der Waals surface area contributed by atoms with E-state index in [0.29, 0.717) is 30.8 Å². The summed E-state index contributed by atoms with van der Waals surface area (Å²) < 4.78 is 20.3. The zero-order valence-corrected chi connectivity index (χ0v) is 20.3. The number of aromatic carboxylic acids is 1. The second kappa shape index (κ2) is 11.7. The molecule has 9 heteroatoms. The second-order valence-electron chi connectivity index (χ2n) is 8.87. The quantitative estimate of drug-likeness (QED) is 0.343. The van der Waals surface area contributed by atoms with Crippen LogP contribution in [-0.4, -0.2) is 46.9 Å². The van der Waals surface area contributed by atoms with Crippen molar-refractivity contribution in [2.24, 2.45) is 0 Å². The maximum atomic E-state index is 15.0. The minimum Gasteiger partial charge on any atom is -0.478 e. The smallest absolute Gasteiger partial charge is 0.335 e. The summed E-state index contributed by atoms with van der Waals surface area (Å²) in [5.74, 6) is -1.01. The maximum absolute atomic E-state index is 15.0. The summed E-state index contributed by atoms with van der Waals surface area (Å²) in [5.41, 5.74) is 2.94. The first-order chi connectivity index (χ1) is 17.8. The van der Waals surface area contributed by atoms with Gasteiger partial charge in [0.05, 0.1) is 11.6 Å². The van der Waals surface area contributed by atoms with Crippen LogP contribution < -0.4 is 15.4 Å². The number of carboxylic acids is 1. The fourth-order valence-corrected chi connectivity index (χ4v) is 4.33. The molecule has 1 aliphatic heterocycles. The van der Waals surface area contributed by atoms with E-state index in [0.717, 1.165) is 11.1 Å². The largest absolute Gasteiger partial charge is 0.478 e. The number of halogens is 1. The van der Waals surface area contributed by atoms with Crippen LogP contribution in [0.5, 0.6) is 5.75 Å². The van der Waals surface area contributed by atoms with Gasteiger partial charge in [0, 0.05) is 24.3 Å². The van der Waals surface area contributed by atoms with Crippen molar-refractivity contribution in [1.82, 2.24) is 4.90 Å². The Balaban J connectivity index is 1.34. The number of carboxylic acid groups (broad SMARTS) is 1. The molecule has 37 heavy (non-hydrogen) atoms. The number of urea groups is 1. The number of nitrogens with one attached hydrogen (secondary N) is 2. The van der Waals surface area contributed by atoms with Crippen molar-refractivity contribution in [2.45, 2.75) is 38.7 Å². The van der Waals surface area contributed by atoms with Gasteiger partial charge < -0.3 is 20.5 Å². The molecule has 2 amide bonds. The molecule has 0 saturated carbocycles. The third-order valence-electron chi connectivity index (χ3n) is 6.21. The summed E-state index contributed by atoms with van der Waals surface area (Å²) in [4.78, 5) is 37.7. The number of ketones is 1. The summed E-state index contributed by atoms with van der Waals surface area (Å²) in [6.07, 6.45) is 1.31. The topological polar surface area (TPSA) is 108 Å². The van der Waals surface area contributed by atoms with Crippen LogP contribution in [-0.2, 0) is 11.2 Å². The zero-order chi connectivity index (χ0) is 26.4. The van der Waals surface area contributed by atoms with Crippen molar-refractivity contribution < 1.29 is 28.6 Å². The monoisotopic (exact) mass is 505 g/mol. The molecule has 8 nitrogen and oxygen atoms in total. The summed E-state index contributed by atoms with van der Waals surface area (Å²) >= 11 is 0. The predicted octanol–water partition coefficient (Wildman–Crippen LogP) is 5.25. The lowest BCUT2D eigenvalue weighted by molar-refractivity contribution is -0.133. The van der Waals surface area contributed by atoms with Crippen molar-refractivity contribution in [2.75, 3.05) is 17.2 Å². The third kappa shape index (κ3) is 6.71. The van der Waals surface area contributed by atoms with Gasteiger partial charge in [0.15, 0.2) is 5.78 Å². The van der Waals surface area contributed by atoms with Crippen LogP contribution in [0.3, 0.4) is 0 Å². The highest BCUT2D eigenvalue weighted by molar-refractivity contribution is 6.00. The highest BCUT2D eigenvalue weighted by Crippen LogP contribution is 2.26. The molecule has 1 fully saturated rings. The molecule has 0 aliphatic carbocycles. The average Bonchev–Trinajstić information content (AvgIpc) is 3.37. The normalized spacial score (nSPS) is 16.1. The number of aryl methyl sites for hydroxylation is 1. The Morgan fingerprint density at radius 2 is 1.78 bits per heavy atom. The van der Waals surface area contributed by atoms with Crippen LogP contribution in [0.25, 0.3) is 0 Å². The molecule has 0 aromatic heterocycles. The first kappa shape index (κ1) is 25.8. The molecule has 192 valence electrons. The summed E-state index contributed by atoms with van der Waals surface area (Å²) in [5, 5.41) is 14.6. The molecule has 3 aromatic carbocycles. The Labute approximate surface area is 214 Å². The zero-order valence-electron chi connectivity index (χ0n) is 20.3. The number of anilines is 2. The number of nitrogens with zero attached hydrogens (tertiary/aromatic N) is 1. The number of alkyl halides is 1. The van der Waals surface area contributed by atoms with Crippen molar-refractivity contribution >= 4 is 29.2 Å². The molecule has 1 saturated heterocycles. The number of benzene rings is 3. The van der Waals surface area contributed by atoms with Crippen LogP contribution in [0.4, 0.5) is 20.6 Å². The van der Waals surface area contributed by atoms with E-state index in [4.69, 9.17) is 9.84 Å². The molecule has 1 heterocycles. The molecule has 2 atom stereocenters. The number of carbonyl (C=O) groups is 3. The Morgan fingerprint density at radius 3 is 2.46 bits per heavy atom.